The molecule has 0 saturated heterocycles. The van der Waals surface area contributed by atoms with Crippen molar-refractivity contribution in [2.45, 2.75) is 77.3 Å². The second-order valence-electron chi connectivity index (χ2n) is 10.6. The predicted octanol–water partition coefficient (Wildman–Crippen LogP) is 6.27. The molecule has 1 nitrogen and oxygen atoms in total. The Labute approximate surface area is 165 Å². The van der Waals surface area contributed by atoms with Gasteiger partial charge in [0.1, 0.15) is 0 Å². The molecule has 0 amide bonds. The van der Waals surface area contributed by atoms with Crippen LogP contribution in [-0.2, 0) is 0 Å². The van der Waals surface area contributed by atoms with Crippen LogP contribution in [0.5, 0.6) is 0 Å². The number of nitrogens with one attached hydrogen (secondary N) is 1. The molecule has 5 aliphatic rings. The number of fused-ring (bicyclic) bond motifs is 2. The van der Waals surface area contributed by atoms with Crippen molar-refractivity contribution in [1.82, 2.24) is 5.32 Å². The maximum Gasteiger partial charge on any atom is 0.0775 e. The lowest BCUT2D eigenvalue weighted by Gasteiger charge is -2.54. The minimum atomic E-state index is -0.0624. The monoisotopic (exact) mass is 361 g/mol. The number of rotatable bonds is 2. The molecule has 4 atom stereocenters. The summed E-state index contributed by atoms with van der Waals surface area (Å²) in [5.74, 6) is 2.06. The van der Waals surface area contributed by atoms with E-state index < -0.39 is 0 Å². The van der Waals surface area contributed by atoms with Crippen LogP contribution >= 0.6 is 0 Å². The van der Waals surface area contributed by atoms with E-state index in [1.54, 1.807) is 11.1 Å². The molecule has 27 heavy (non-hydrogen) atoms. The van der Waals surface area contributed by atoms with E-state index in [0.29, 0.717) is 23.2 Å². The van der Waals surface area contributed by atoms with E-state index in [2.05, 4.69) is 70.0 Å². The van der Waals surface area contributed by atoms with E-state index in [-0.39, 0.29) is 11.1 Å². The highest BCUT2D eigenvalue weighted by molar-refractivity contribution is 5.51. The number of allylic oxidation sites excluding steroid dienone is 4. The average Bonchev–Trinajstić information content (AvgIpc) is 3.00. The molecule has 3 aliphatic carbocycles. The van der Waals surface area contributed by atoms with Crippen molar-refractivity contribution in [3.05, 3.63) is 59.3 Å². The van der Waals surface area contributed by atoms with E-state index >= 15 is 0 Å². The molecule has 0 aromatic rings. The van der Waals surface area contributed by atoms with Crippen LogP contribution in [0.2, 0.25) is 0 Å². The largest absolute Gasteiger partial charge is 0.295 e. The SMILES string of the molecule is C=C(C)C1CCC2(C)CC(C34C=CC5CCC(C=C3)C5(C)N4)=CC(C)=C2C1. The van der Waals surface area contributed by atoms with E-state index in [0.717, 1.165) is 0 Å². The fourth-order valence-electron chi connectivity index (χ4n) is 7.00. The summed E-state index contributed by atoms with van der Waals surface area (Å²) in [5, 5.41) is 4.16. The van der Waals surface area contributed by atoms with E-state index in [1.807, 2.05) is 0 Å². The fourth-order valence-corrected chi connectivity index (χ4v) is 7.00. The van der Waals surface area contributed by atoms with Crippen LogP contribution in [0.4, 0.5) is 0 Å². The first-order chi connectivity index (χ1) is 12.8. The molecule has 0 aromatic carbocycles. The first-order valence-electron chi connectivity index (χ1n) is 11.0. The molecule has 2 bridgehead atoms. The van der Waals surface area contributed by atoms with E-state index in [4.69, 9.17) is 0 Å². The lowest BCUT2D eigenvalue weighted by atomic mass is 9.58. The zero-order chi connectivity index (χ0) is 19.0. The summed E-state index contributed by atoms with van der Waals surface area (Å²) >= 11 is 0. The third kappa shape index (κ3) is 2.40. The smallest absolute Gasteiger partial charge is 0.0775 e. The molecule has 5 rings (SSSR count). The molecule has 4 unspecified atom stereocenters. The Hall–Kier alpha value is -1.34. The maximum absolute atomic E-state index is 4.25. The standard InChI is InChI=1S/C26H35N/c1-17(2)19-8-11-24(4)16-22(14-18(3)23(24)15-19)26-12-9-20-6-7-21(10-13-26)25(20,5)27-26/h9-10,12-14,19-21,27H,1,6-8,11,15-16H2,2-5H3. The topological polar surface area (TPSA) is 12.0 Å². The van der Waals surface area contributed by atoms with Crippen molar-refractivity contribution < 1.29 is 0 Å². The van der Waals surface area contributed by atoms with E-state index in [1.165, 1.54) is 49.7 Å². The van der Waals surface area contributed by atoms with Crippen LogP contribution in [0.15, 0.2) is 59.3 Å². The van der Waals surface area contributed by atoms with Gasteiger partial charge in [-0.3, -0.25) is 5.32 Å². The lowest BCUT2D eigenvalue weighted by Crippen LogP contribution is -2.64. The van der Waals surface area contributed by atoms with Gasteiger partial charge in [0.25, 0.3) is 0 Å². The van der Waals surface area contributed by atoms with Gasteiger partial charge in [-0.2, -0.15) is 0 Å². The van der Waals surface area contributed by atoms with Crippen molar-refractivity contribution in [1.29, 1.82) is 0 Å². The Morgan fingerprint density at radius 3 is 2.41 bits per heavy atom. The summed E-state index contributed by atoms with van der Waals surface area (Å²) in [7, 11) is 0. The van der Waals surface area contributed by atoms with Gasteiger partial charge in [-0.15, -0.1) is 0 Å². The first-order valence-corrected chi connectivity index (χ1v) is 11.0. The summed E-state index contributed by atoms with van der Waals surface area (Å²) in [6.45, 7) is 13.8. The molecule has 1 heteroatoms. The maximum atomic E-state index is 4.25. The van der Waals surface area contributed by atoms with Crippen LogP contribution in [0, 0.1) is 23.2 Å². The summed E-state index contributed by atoms with van der Waals surface area (Å²) in [5.41, 5.74) is 6.66. The number of hydrogen-bond donors (Lipinski definition) is 1. The fraction of sp³-hybridized carbons (Fsp3) is 0.615. The molecule has 0 radical (unpaired) electrons. The molecular formula is C26H35N. The minimum Gasteiger partial charge on any atom is -0.295 e. The van der Waals surface area contributed by atoms with Crippen LogP contribution in [0.1, 0.15) is 66.2 Å². The normalized spacial score (nSPS) is 47.7. The van der Waals surface area contributed by atoms with Crippen LogP contribution in [-0.4, -0.2) is 11.1 Å². The highest BCUT2D eigenvalue weighted by atomic mass is 15.1. The summed E-state index contributed by atoms with van der Waals surface area (Å²) in [4.78, 5) is 0. The molecule has 2 heterocycles. The van der Waals surface area contributed by atoms with Crippen molar-refractivity contribution in [3.8, 4) is 0 Å². The van der Waals surface area contributed by atoms with Gasteiger partial charge in [0.2, 0.25) is 0 Å². The van der Waals surface area contributed by atoms with Crippen LogP contribution < -0.4 is 5.32 Å². The molecule has 2 fully saturated rings. The number of hydrogen-bond acceptors (Lipinski definition) is 1. The zero-order valence-corrected chi connectivity index (χ0v) is 17.6. The van der Waals surface area contributed by atoms with Gasteiger partial charge in [0.15, 0.2) is 0 Å². The Kier molecular flexibility index (Phi) is 3.68. The van der Waals surface area contributed by atoms with Gasteiger partial charge >= 0.3 is 0 Å². The van der Waals surface area contributed by atoms with Crippen molar-refractivity contribution in [2.75, 3.05) is 0 Å². The molecule has 2 saturated carbocycles. The van der Waals surface area contributed by atoms with Gasteiger partial charge in [-0.1, -0.05) is 60.6 Å². The highest BCUT2D eigenvalue weighted by Gasteiger charge is 2.54. The van der Waals surface area contributed by atoms with Crippen molar-refractivity contribution in [2.24, 2.45) is 23.2 Å². The average molecular weight is 362 g/mol. The van der Waals surface area contributed by atoms with Crippen molar-refractivity contribution >= 4 is 0 Å². The van der Waals surface area contributed by atoms with Gasteiger partial charge in [-0.05, 0) is 88.0 Å². The van der Waals surface area contributed by atoms with Crippen LogP contribution in [0.3, 0.4) is 0 Å². The molecule has 2 aliphatic heterocycles. The highest BCUT2D eigenvalue weighted by Crippen LogP contribution is 2.56. The van der Waals surface area contributed by atoms with Crippen LogP contribution in [0.25, 0.3) is 0 Å². The third-order valence-corrected chi connectivity index (χ3v) is 8.89. The first kappa shape index (κ1) is 17.7. The zero-order valence-electron chi connectivity index (χ0n) is 17.6. The summed E-state index contributed by atoms with van der Waals surface area (Å²) in [6, 6.07) is 0. The lowest BCUT2D eigenvalue weighted by molar-refractivity contribution is 0.190. The van der Waals surface area contributed by atoms with E-state index in [9.17, 15) is 0 Å². The van der Waals surface area contributed by atoms with Gasteiger partial charge in [-0.25, -0.2) is 0 Å². The Balaban J connectivity index is 1.56. The minimum absolute atomic E-state index is 0.0624. The Bertz CT molecular complexity index is 797. The van der Waals surface area contributed by atoms with Crippen molar-refractivity contribution in [3.63, 3.8) is 0 Å². The second kappa shape index (κ2) is 5.60. The second-order valence-corrected chi connectivity index (χ2v) is 10.6. The Morgan fingerprint density at radius 2 is 1.78 bits per heavy atom. The molecule has 0 aromatic heterocycles. The van der Waals surface area contributed by atoms with Gasteiger partial charge in [0.05, 0.1) is 5.54 Å². The molecular weight excluding hydrogens is 326 g/mol. The summed E-state index contributed by atoms with van der Waals surface area (Å²) in [6.07, 6.45) is 20.2. The Morgan fingerprint density at radius 1 is 1.11 bits per heavy atom. The molecule has 0 spiro atoms. The third-order valence-electron chi connectivity index (χ3n) is 8.89. The summed E-state index contributed by atoms with van der Waals surface area (Å²) < 4.78 is 0. The quantitative estimate of drug-likeness (QED) is 0.572. The van der Waals surface area contributed by atoms with Gasteiger partial charge < -0.3 is 0 Å². The molecule has 144 valence electrons. The predicted molar refractivity (Wildman–Crippen MR) is 114 cm³/mol. The van der Waals surface area contributed by atoms with Gasteiger partial charge in [0, 0.05) is 5.54 Å². The molecule has 1 N–H and O–H groups in total.